The minimum atomic E-state index is -0.745. The van der Waals surface area contributed by atoms with E-state index in [2.05, 4.69) is 6.07 Å². The molecule has 1 aromatic heterocycles. The highest BCUT2D eigenvalue weighted by Gasteiger charge is 2.15. The lowest BCUT2D eigenvalue weighted by Gasteiger charge is -2.18. The van der Waals surface area contributed by atoms with E-state index in [1.807, 2.05) is 18.2 Å². The molecule has 4 heteroatoms. The number of hydrogen-bond acceptors (Lipinski definition) is 3. The monoisotopic (exact) mass is 272 g/mol. The Morgan fingerprint density at radius 1 is 1.30 bits per heavy atom. The van der Waals surface area contributed by atoms with E-state index < -0.39 is 5.97 Å². The van der Waals surface area contributed by atoms with Gasteiger partial charge in [-0.3, -0.25) is 9.78 Å². The van der Waals surface area contributed by atoms with Crippen LogP contribution in [0.5, 0.6) is 0 Å². The van der Waals surface area contributed by atoms with Crippen molar-refractivity contribution in [2.45, 2.75) is 39.0 Å². The zero-order valence-corrected chi connectivity index (χ0v) is 11.7. The molecule has 0 saturated heterocycles. The molecular formula is C16H20N2O2. The van der Waals surface area contributed by atoms with Gasteiger partial charge in [-0.25, -0.2) is 0 Å². The molecule has 0 aliphatic heterocycles. The maximum Gasteiger partial charge on any atom is 0.303 e. The van der Waals surface area contributed by atoms with Crippen LogP contribution in [-0.2, 0) is 17.6 Å². The molecule has 0 fully saturated rings. The van der Waals surface area contributed by atoms with Gasteiger partial charge in [0.05, 0.1) is 5.52 Å². The fourth-order valence-electron chi connectivity index (χ4n) is 2.41. The first-order valence-electron chi connectivity index (χ1n) is 7.01. The molecule has 0 unspecified atom stereocenters. The van der Waals surface area contributed by atoms with Crippen LogP contribution in [0.1, 0.15) is 37.4 Å². The van der Waals surface area contributed by atoms with Gasteiger partial charge in [0.2, 0.25) is 0 Å². The first kappa shape index (κ1) is 14.3. The number of para-hydroxylation sites is 1. The summed E-state index contributed by atoms with van der Waals surface area (Å²) in [4.78, 5) is 14.1. The fraction of sp³-hybridized carbons (Fsp3) is 0.375. The van der Waals surface area contributed by atoms with Gasteiger partial charge in [0, 0.05) is 23.2 Å². The number of benzene rings is 1. The van der Waals surface area contributed by atoms with Gasteiger partial charge in [-0.2, -0.15) is 0 Å². The number of nitrogens with zero attached hydrogens (tertiary/aromatic N) is 1. The second-order valence-electron chi connectivity index (χ2n) is 4.92. The van der Waals surface area contributed by atoms with Crippen LogP contribution in [0.25, 0.3) is 10.9 Å². The standard InChI is InChI=1S/C13H14N2.C3H6O2/c14-13-9-5-1-3-7-11(9)15-12-8-4-2-6-10(12)13;1-2-3(4)5/h1,3,5,7H,2,4,6,8H2,(H2,14,15);2H2,1H3,(H,4,5). The molecule has 4 nitrogen and oxygen atoms in total. The van der Waals surface area contributed by atoms with E-state index in [1.54, 1.807) is 6.92 Å². The molecule has 0 bridgehead atoms. The van der Waals surface area contributed by atoms with Crippen LogP contribution in [0.3, 0.4) is 0 Å². The summed E-state index contributed by atoms with van der Waals surface area (Å²) in [5.41, 5.74) is 10.7. The van der Waals surface area contributed by atoms with Gasteiger partial charge in [0.15, 0.2) is 0 Å². The minimum Gasteiger partial charge on any atom is -0.481 e. The predicted molar refractivity (Wildman–Crippen MR) is 80.7 cm³/mol. The summed E-state index contributed by atoms with van der Waals surface area (Å²) in [7, 11) is 0. The molecule has 1 aromatic carbocycles. The number of nitrogen functional groups attached to an aromatic ring is 1. The highest BCUT2D eigenvalue weighted by Crippen LogP contribution is 2.30. The number of carboxylic acid groups (broad SMARTS) is 1. The third-order valence-electron chi connectivity index (χ3n) is 3.52. The number of carboxylic acids is 1. The second kappa shape index (κ2) is 6.37. The van der Waals surface area contributed by atoms with E-state index in [0.29, 0.717) is 0 Å². The Bertz CT molecular complexity index is 623. The first-order valence-corrected chi connectivity index (χ1v) is 7.01. The molecule has 2 aromatic rings. The molecule has 0 atom stereocenters. The van der Waals surface area contributed by atoms with Crippen LogP contribution in [-0.4, -0.2) is 16.1 Å². The minimum absolute atomic E-state index is 0.222. The van der Waals surface area contributed by atoms with Crippen molar-refractivity contribution in [2.75, 3.05) is 5.73 Å². The highest BCUT2D eigenvalue weighted by atomic mass is 16.4. The molecule has 3 rings (SSSR count). The van der Waals surface area contributed by atoms with Gasteiger partial charge in [0.25, 0.3) is 0 Å². The molecule has 1 aliphatic rings. The number of aliphatic carboxylic acids is 1. The Balaban J connectivity index is 0.000000257. The molecule has 0 spiro atoms. The Hall–Kier alpha value is -2.10. The summed E-state index contributed by atoms with van der Waals surface area (Å²) in [5.74, 6) is -0.745. The predicted octanol–water partition coefficient (Wildman–Crippen LogP) is 3.18. The van der Waals surface area contributed by atoms with E-state index in [0.717, 1.165) is 29.4 Å². The number of hydrogen-bond donors (Lipinski definition) is 2. The molecule has 0 saturated carbocycles. The van der Waals surface area contributed by atoms with Gasteiger partial charge < -0.3 is 10.8 Å². The number of pyridine rings is 1. The maximum absolute atomic E-state index is 9.37. The number of carbonyl (C=O) groups is 1. The molecule has 3 N–H and O–H groups in total. The van der Waals surface area contributed by atoms with Crippen molar-refractivity contribution in [1.29, 1.82) is 0 Å². The van der Waals surface area contributed by atoms with Crippen molar-refractivity contribution in [3.63, 3.8) is 0 Å². The largest absolute Gasteiger partial charge is 0.481 e. The lowest BCUT2D eigenvalue weighted by molar-refractivity contribution is -0.136. The summed E-state index contributed by atoms with van der Waals surface area (Å²) in [6.45, 7) is 1.60. The van der Waals surface area contributed by atoms with Gasteiger partial charge in [-0.15, -0.1) is 0 Å². The zero-order valence-electron chi connectivity index (χ0n) is 11.7. The van der Waals surface area contributed by atoms with Crippen LogP contribution in [0.15, 0.2) is 24.3 Å². The average Bonchev–Trinajstić information content (AvgIpc) is 2.48. The lowest BCUT2D eigenvalue weighted by atomic mass is 9.93. The Morgan fingerprint density at radius 3 is 2.65 bits per heavy atom. The van der Waals surface area contributed by atoms with E-state index in [4.69, 9.17) is 15.8 Å². The number of rotatable bonds is 1. The molecule has 1 aliphatic carbocycles. The quantitative estimate of drug-likeness (QED) is 0.836. The summed E-state index contributed by atoms with van der Waals surface area (Å²) in [6, 6.07) is 8.15. The maximum atomic E-state index is 9.37. The summed E-state index contributed by atoms with van der Waals surface area (Å²) in [6.07, 6.45) is 4.90. The molecular weight excluding hydrogens is 252 g/mol. The van der Waals surface area contributed by atoms with Gasteiger partial charge in [0.1, 0.15) is 0 Å². The smallest absolute Gasteiger partial charge is 0.303 e. The van der Waals surface area contributed by atoms with E-state index in [-0.39, 0.29) is 6.42 Å². The molecule has 20 heavy (non-hydrogen) atoms. The van der Waals surface area contributed by atoms with Crippen molar-refractivity contribution in [3.8, 4) is 0 Å². The summed E-state index contributed by atoms with van der Waals surface area (Å²) < 4.78 is 0. The Morgan fingerprint density at radius 2 is 1.95 bits per heavy atom. The number of aryl methyl sites for hydroxylation is 1. The number of fused-ring (bicyclic) bond motifs is 2. The van der Waals surface area contributed by atoms with Crippen LogP contribution >= 0.6 is 0 Å². The lowest BCUT2D eigenvalue weighted by Crippen LogP contribution is -2.09. The Kier molecular flexibility index (Phi) is 4.56. The third-order valence-corrected chi connectivity index (χ3v) is 3.52. The van der Waals surface area contributed by atoms with Crippen molar-refractivity contribution in [3.05, 3.63) is 35.5 Å². The average molecular weight is 272 g/mol. The van der Waals surface area contributed by atoms with Gasteiger partial charge in [-0.1, -0.05) is 25.1 Å². The Labute approximate surface area is 118 Å². The van der Waals surface area contributed by atoms with Crippen LogP contribution in [0.4, 0.5) is 5.69 Å². The van der Waals surface area contributed by atoms with Crippen molar-refractivity contribution in [2.24, 2.45) is 0 Å². The number of aromatic nitrogens is 1. The third kappa shape index (κ3) is 3.07. The van der Waals surface area contributed by atoms with E-state index >= 15 is 0 Å². The van der Waals surface area contributed by atoms with Gasteiger partial charge >= 0.3 is 5.97 Å². The van der Waals surface area contributed by atoms with Crippen LogP contribution in [0, 0.1) is 0 Å². The molecule has 1 heterocycles. The molecule has 106 valence electrons. The van der Waals surface area contributed by atoms with Crippen molar-refractivity contribution in [1.82, 2.24) is 4.98 Å². The van der Waals surface area contributed by atoms with Crippen molar-refractivity contribution >= 4 is 22.6 Å². The van der Waals surface area contributed by atoms with Gasteiger partial charge in [-0.05, 0) is 37.3 Å². The number of nitrogens with two attached hydrogens (primary N) is 1. The summed E-state index contributed by atoms with van der Waals surface area (Å²) in [5, 5.41) is 8.83. The van der Waals surface area contributed by atoms with E-state index in [9.17, 15) is 4.79 Å². The van der Waals surface area contributed by atoms with Crippen LogP contribution in [0.2, 0.25) is 0 Å². The molecule has 0 radical (unpaired) electrons. The topological polar surface area (TPSA) is 76.2 Å². The first-order chi connectivity index (χ1) is 9.63. The number of anilines is 1. The van der Waals surface area contributed by atoms with Crippen molar-refractivity contribution < 1.29 is 9.90 Å². The molecule has 0 amide bonds. The normalized spacial score (nSPS) is 13.2. The zero-order chi connectivity index (χ0) is 14.5. The van der Waals surface area contributed by atoms with E-state index in [1.165, 1.54) is 24.1 Å². The summed E-state index contributed by atoms with van der Waals surface area (Å²) >= 11 is 0. The SMILES string of the molecule is CCC(=O)O.Nc1c2c(nc3ccccc13)CCCC2. The fourth-order valence-corrected chi connectivity index (χ4v) is 2.41. The van der Waals surface area contributed by atoms with Crippen LogP contribution < -0.4 is 5.73 Å². The second-order valence-corrected chi connectivity index (χ2v) is 4.92. The highest BCUT2D eigenvalue weighted by molar-refractivity contribution is 5.92.